The van der Waals surface area contributed by atoms with Crippen molar-refractivity contribution in [3.05, 3.63) is 36.4 Å². The summed E-state index contributed by atoms with van der Waals surface area (Å²) < 4.78 is 5.19. The minimum atomic E-state index is -0.283. The van der Waals surface area contributed by atoms with E-state index in [1.165, 1.54) is 6.08 Å². The number of hydrogen-bond acceptors (Lipinski definition) is 3. The van der Waals surface area contributed by atoms with Gasteiger partial charge in [-0.3, -0.25) is 4.79 Å². The third-order valence-corrected chi connectivity index (χ3v) is 2.34. The minimum absolute atomic E-state index is 0.0417. The van der Waals surface area contributed by atoms with Gasteiger partial charge in [-0.15, -0.1) is 0 Å². The number of carbonyl (C=O) groups is 1. The summed E-state index contributed by atoms with van der Waals surface area (Å²) in [5.41, 5.74) is 7.79. The summed E-state index contributed by atoms with van der Waals surface area (Å²) in [6.07, 6.45) is 1.16. The van der Waals surface area contributed by atoms with Gasteiger partial charge in [-0.2, -0.15) is 0 Å². The van der Waals surface area contributed by atoms with E-state index in [0.717, 1.165) is 5.56 Å². The van der Waals surface area contributed by atoms with Gasteiger partial charge in [0.25, 0.3) is 0 Å². The summed E-state index contributed by atoms with van der Waals surface area (Å²) in [6.45, 7) is 5.30. The average Bonchev–Trinajstić information content (AvgIpc) is 2.30. The molecule has 1 amide bonds. The van der Waals surface area contributed by atoms with Crippen molar-refractivity contribution in [3.8, 4) is 0 Å². The van der Waals surface area contributed by atoms with Crippen molar-refractivity contribution in [2.45, 2.75) is 13.0 Å². The van der Waals surface area contributed by atoms with Gasteiger partial charge in [0.15, 0.2) is 0 Å². The first-order chi connectivity index (χ1) is 7.58. The molecular weight excluding hydrogens is 204 g/mol. The van der Waals surface area contributed by atoms with Crippen LogP contribution in [0.15, 0.2) is 30.9 Å². The molecule has 16 heavy (non-hydrogen) atoms. The molecule has 0 saturated carbocycles. The van der Waals surface area contributed by atoms with Crippen LogP contribution in [-0.4, -0.2) is 13.0 Å². The Bertz CT molecular complexity index is 402. The second-order valence-electron chi connectivity index (χ2n) is 3.42. The fraction of sp³-hybridized carbons (Fsp3) is 0.250. The highest BCUT2D eigenvalue weighted by molar-refractivity contribution is 6.00. The standard InChI is InChI=1S/C12H16N2O2/c1-4-12(15)14-11-7-9(8(2)16-3)5-6-10(11)13/h4-8H,1,13H2,2-3H3,(H,14,15). The molecule has 3 N–H and O–H groups in total. The Balaban J connectivity index is 2.98. The maximum absolute atomic E-state index is 11.2. The number of nitrogens with two attached hydrogens (primary N) is 1. The number of methoxy groups -OCH3 is 1. The van der Waals surface area contributed by atoms with E-state index in [0.29, 0.717) is 11.4 Å². The Hall–Kier alpha value is -1.81. The number of benzene rings is 1. The first kappa shape index (κ1) is 12.3. The molecular formula is C12H16N2O2. The highest BCUT2D eigenvalue weighted by Gasteiger charge is 2.08. The van der Waals surface area contributed by atoms with Crippen molar-refractivity contribution in [2.75, 3.05) is 18.2 Å². The van der Waals surface area contributed by atoms with Gasteiger partial charge in [0.2, 0.25) is 5.91 Å². The number of anilines is 2. The van der Waals surface area contributed by atoms with Crippen molar-refractivity contribution in [3.63, 3.8) is 0 Å². The largest absolute Gasteiger partial charge is 0.397 e. The third-order valence-electron chi connectivity index (χ3n) is 2.34. The van der Waals surface area contributed by atoms with Gasteiger partial charge in [-0.05, 0) is 30.7 Å². The van der Waals surface area contributed by atoms with Crippen LogP contribution in [0.2, 0.25) is 0 Å². The number of nitrogen functional groups attached to an aromatic ring is 1. The van der Waals surface area contributed by atoms with Crippen LogP contribution >= 0.6 is 0 Å². The fourth-order valence-electron chi connectivity index (χ4n) is 1.25. The maximum Gasteiger partial charge on any atom is 0.247 e. The van der Waals surface area contributed by atoms with E-state index < -0.39 is 0 Å². The molecule has 4 nitrogen and oxygen atoms in total. The molecule has 1 unspecified atom stereocenters. The minimum Gasteiger partial charge on any atom is -0.397 e. The van der Waals surface area contributed by atoms with Crippen LogP contribution in [0.5, 0.6) is 0 Å². The summed E-state index contributed by atoms with van der Waals surface area (Å²) in [7, 11) is 1.63. The lowest BCUT2D eigenvalue weighted by molar-refractivity contribution is -0.111. The molecule has 0 aliphatic heterocycles. The van der Waals surface area contributed by atoms with Crippen LogP contribution < -0.4 is 11.1 Å². The summed E-state index contributed by atoms with van der Waals surface area (Å²) in [4.78, 5) is 11.2. The molecule has 4 heteroatoms. The zero-order valence-electron chi connectivity index (χ0n) is 9.49. The maximum atomic E-state index is 11.2. The number of nitrogens with one attached hydrogen (secondary N) is 1. The van der Waals surface area contributed by atoms with Gasteiger partial charge in [0, 0.05) is 7.11 Å². The van der Waals surface area contributed by atoms with Crippen molar-refractivity contribution in [1.29, 1.82) is 0 Å². The van der Waals surface area contributed by atoms with Gasteiger partial charge in [-0.25, -0.2) is 0 Å². The highest BCUT2D eigenvalue weighted by Crippen LogP contribution is 2.25. The SMILES string of the molecule is C=CC(=O)Nc1cc(C(C)OC)ccc1N. The average molecular weight is 220 g/mol. The lowest BCUT2D eigenvalue weighted by Crippen LogP contribution is -2.10. The van der Waals surface area contributed by atoms with E-state index in [2.05, 4.69) is 11.9 Å². The van der Waals surface area contributed by atoms with Crippen molar-refractivity contribution >= 4 is 17.3 Å². The zero-order chi connectivity index (χ0) is 12.1. The molecule has 0 spiro atoms. The van der Waals surface area contributed by atoms with Gasteiger partial charge >= 0.3 is 0 Å². The number of hydrogen-bond donors (Lipinski definition) is 2. The molecule has 0 aromatic heterocycles. The normalized spacial score (nSPS) is 11.9. The molecule has 0 radical (unpaired) electrons. The van der Waals surface area contributed by atoms with Gasteiger partial charge in [0.05, 0.1) is 17.5 Å². The Labute approximate surface area is 95.1 Å². The smallest absolute Gasteiger partial charge is 0.247 e. The number of amides is 1. The molecule has 1 atom stereocenters. The zero-order valence-corrected chi connectivity index (χ0v) is 9.49. The highest BCUT2D eigenvalue weighted by atomic mass is 16.5. The van der Waals surface area contributed by atoms with E-state index in [-0.39, 0.29) is 12.0 Å². The summed E-state index contributed by atoms with van der Waals surface area (Å²) in [6, 6.07) is 5.40. The Morgan fingerprint density at radius 3 is 2.88 bits per heavy atom. The van der Waals surface area contributed by atoms with Crippen LogP contribution in [0.4, 0.5) is 11.4 Å². The lowest BCUT2D eigenvalue weighted by atomic mass is 10.1. The van der Waals surface area contributed by atoms with Crippen LogP contribution in [0.3, 0.4) is 0 Å². The van der Waals surface area contributed by atoms with E-state index in [1.807, 2.05) is 13.0 Å². The first-order valence-electron chi connectivity index (χ1n) is 4.94. The number of carbonyl (C=O) groups excluding carboxylic acids is 1. The fourth-order valence-corrected chi connectivity index (χ4v) is 1.25. The predicted octanol–water partition coefficient (Wildman–Crippen LogP) is 2.10. The predicted molar refractivity (Wildman–Crippen MR) is 65.1 cm³/mol. The topological polar surface area (TPSA) is 64.3 Å². The Morgan fingerprint density at radius 2 is 2.31 bits per heavy atom. The molecule has 86 valence electrons. The van der Waals surface area contributed by atoms with Crippen LogP contribution in [-0.2, 0) is 9.53 Å². The van der Waals surface area contributed by atoms with Crippen LogP contribution in [0.25, 0.3) is 0 Å². The molecule has 0 heterocycles. The summed E-state index contributed by atoms with van der Waals surface area (Å²) in [5, 5.41) is 2.64. The van der Waals surface area contributed by atoms with Crippen LogP contribution in [0, 0.1) is 0 Å². The number of ether oxygens (including phenoxy) is 1. The van der Waals surface area contributed by atoms with Crippen molar-refractivity contribution < 1.29 is 9.53 Å². The van der Waals surface area contributed by atoms with Crippen LogP contribution in [0.1, 0.15) is 18.6 Å². The molecule has 1 aromatic carbocycles. The Kier molecular flexibility index (Phi) is 4.08. The van der Waals surface area contributed by atoms with Crippen molar-refractivity contribution in [2.24, 2.45) is 0 Å². The third kappa shape index (κ3) is 2.84. The van der Waals surface area contributed by atoms with E-state index >= 15 is 0 Å². The van der Waals surface area contributed by atoms with E-state index in [9.17, 15) is 4.79 Å². The van der Waals surface area contributed by atoms with Crippen molar-refractivity contribution in [1.82, 2.24) is 0 Å². The molecule has 0 bridgehead atoms. The van der Waals surface area contributed by atoms with Gasteiger partial charge in [-0.1, -0.05) is 12.6 Å². The van der Waals surface area contributed by atoms with Gasteiger partial charge in [0.1, 0.15) is 0 Å². The summed E-state index contributed by atoms with van der Waals surface area (Å²) >= 11 is 0. The molecule has 0 fully saturated rings. The lowest BCUT2D eigenvalue weighted by Gasteiger charge is -2.13. The molecule has 1 rings (SSSR count). The second kappa shape index (κ2) is 5.32. The molecule has 0 aliphatic carbocycles. The Morgan fingerprint density at radius 1 is 1.62 bits per heavy atom. The second-order valence-corrected chi connectivity index (χ2v) is 3.42. The molecule has 0 aliphatic rings. The monoisotopic (exact) mass is 220 g/mol. The molecule has 1 aromatic rings. The van der Waals surface area contributed by atoms with E-state index in [1.54, 1.807) is 19.2 Å². The van der Waals surface area contributed by atoms with E-state index in [4.69, 9.17) is 10.5 Å². The molecule has 0 saturated heterocycles. The van der Waals surface area contributed by atoms with Gasteiger partial charge < -0.3 is 15.8 Å². The first-order valence-corrected chi connectivity index (χ1v) is 4.94. The number of rotatable bonds is 4. The quantitative estimate of drug-likeness (QED) is 0.603. The summed E-state index contributed by atoms with van der Waals surface area (Å²) in [5.74, 6) is -0.283.